The van der Waals surface area contributed by atoms with E-state index in [2.05, 4.69) is 9.88 Å². The van der Waals surface area contributed by atoms with Crippen LogP contribution in [0.5, 0.6) is 0 Å². The summed E-state index contributed by atoms with van der Waals surface area (Å²) in [6.07, 6.45) is 1.58. The smallest absolute Gasteiger partial charge is 0.266 e. The van der Waals surface area contributed by atoms with E-state index >= 15 is 0 Å². The van der Waals surface area contributed by atoms with Crippen LogP contribution in [0.15, 0.2) is 60.2 Å². The molecule has 1 aromatic heterocycles. The molecule has 6 heteroatoms. The number of hydrogen-bond acceptors (Lipinski definition) is 3. The van der Waals surface area contributed by atoms with E-state index in [1.807, 2.05) is 69.2 Å². The number of carbonyl (C=O) groups excluding carboxylic acids is 1. The van der Waals surface area contributed by atoms with Gasteiger partial charge in [0, 0.05) is 42.5 Å². The van der Waals surface area contributed by atoms with E-state index in [0.29, 0.717) is 5.69 Å². The topological polar surface area (TPSA) is 61.1 Å². The normalized spacial score (nSPS) is 11.1. The van der Waals surface area contributed by atoms with Crippen molar-refractivity contribution in [2.75, 3.05) is 24.3 Å². The Balaban J connectivity index is 1.90. The first-order valence-electron chi connectivity index (χ1n) is 9.45. The summed E-state index contributed by atoms with van der Waals surface area (Å²) in [5, 5.41) is 12.1. The van der Waals surface area contributed by atoms with Gasteiger partial charge in [0.2, 0.25) is 0 Å². The number of carbonyl (C=O) groups is 1. The van der Waals surface area contributed by atoms with Gasteiger partial charge in [0.1, 0.15) is 17.5 Å². The molecule has 0 aliphatic rings. The highest BCUT2D eigenvalue weighted by Gasteiger charge is 2.14. The van der Waals surface area contributed by atoms with Gasteiger partial charge in [0.05, 0.1) is 0 Å². The standard InChI is InChI=1S/C24H23FN4O/c1-16-13-18(17(2)29(16)23-11-9-22(10-12-23)28(3)4)14-19(15-26)24(30)27-21-7-5-20(25)6-8-21/h5-14H,1-4H3,(H,27,30)/b19-14-. The molecular formula is C24H23FN4O. The molecule has 1 amide bonds. The third-order valence-corrected chi connectivity index (χ3v) is 4.86. The first-order valence-corrected chi connectivity index (χ1v) is 9.45. The molecule has 0 saturated heterocycles. The lowest BCUT2D eigenvalue weighted by Crippen LogP contribution is -2.13. The zero-order chi connectivity index (χ0) is 21.8. The van der Waals surface area contributed by atoms with Crippen molar-refractivity contribution in [2.45, 2.75) is 13.8 Å². The Bertz CT molecular complexity index is 1130. The minimum atomic E-state index is -0.538. The molecule has 0 bridgehead atoms. The second kappa shape index (κ2) is 8.66. The molecule has 5 nitrogen and oxygen atoms in total. The maximum absolute atomic E-state index is 13.0. The number of benzene rings is 2. The van der Waals surface area contributed by atoms with Crippen LogP contribution in [-0.2, 0) is 4.79 Å². The molecule has 152 valence electrons. The predicted octanol–water partition coefficient (Wildman–Crippen LogP) is 4.84. The third kappa shape index (κ3) is 4.41. The van der Waals surface area contributed by atoms with E-state index in [0.717, 1.165) is 28.3 Å². The highest BCUT2D eigenvalue weighted by molar-refractivity contribution is 6.09. The van der Waals surface area contributed by atoms with Crippen molar-refractivity contribution in [2.24, 2.45) is 0 Å². The Labute approximate surface area is 175 Å². The van der Waals surface area contributed by atoms with Gasteiger partial charge in [-0.15, -0.1) is 0 Å². The molecule has 0 spiro atoms. The first kappa shape index (κ1) is 20.9. The zero-order valence-electron chi connectivity index (χ0n) is 17.4. The predicted molar refractivity (Wildman–Crippen MR) is 118 cm³/mol. The van der Waals surface area contributed by atoms with E-state index in [1.165, 1.54) is 24.3 Å². The van der Waals surface area contributed by atoms with Gasteiger partial charge in [0.15, 0.2) is 0 Å². The van der Waals surface area contributed by atoms with E-state index in [-0.39, 0.29) is 5.57 Å². The van der Waals surface area contributed by atoms with Crippen LogP contribution < -0.4 is 10.2 Å². The number of aryl methyl sites for hydroxylation is 1. The molecule has 3 rings (SSSR count). The molecule has 1 N–H and O–H groups in total. The van der Waals surface area contributed by atoms with Crippen LogP contribution in [0.25, 0.3) is 11.8 Å². The van der Waals surface area contributed by atoms with Crippen LogP contribution in [0.4, 0.5) is 15.8 Å². The third-order valence-electron chi connectivity index (χ3n) is 4.86. The highest BCUT2D eigenvalue weighted by atomic mass is 19.1. The summed E-state index contributed by atoms with van der Waals surface area (Å²) in [5.41, 5.74) is 5.21. The summed E-state index contributed by atoms with van der Waals surface area (Å²) < 4.78 is 15.1. The summed E-state index contributed by atoms with van der Waals surface area (Å²) in [5.74, 6) is -0.931. The van der Waals surface area contributed by atoms with Crippen LogP contribution in [0.2, 0.25) is 0 Å². The number of amides is 1. The van der Waals surface area contributed by atoms with Gasteiger partial charge >= 0.3 is 0 Å². The van der Waals surface area contributed by atoms with Gasteiger partial charge in [-0.25, -0.2) is 4.39 Å². The van der Waals surface area contributed by atoms with Crippen LogP contribution in [0, 0.1) is 31.0 Å². The fourth-order valence-electron chi connectivity index (χ4n) is 3.27. The summed E-state index contributed by atoms with van der Waals surface area (Å²) in [4.78, 5) is 14.5. The lowest BCUT2D eigenvalue weighted by Gasteiger charge is -2.14. The average Bonchev–Trinajstić information content (AvgIpc) is 3.00. The summed E-state index contributed by atoms with van der Waals surface area (Å²) in [7, 11) is 3.98. The molecular weight excluding hydrogens is 379 g/mol. The van der Waals surface area contributed by atoms with Gasteiger partial charge in [-0.1, -0.05) is 0 Å². The van der Waals surface area contributed by atoms with Gasteiger partial charge < -0.3 is 14.8 Å². The fraction of sp³-hybridized carbons (Fsp3) is 0.167. The molecule has 0 radical (unpaired) electrons. The van der Waals surface area contributed by atoms with Crippen molar-refractivity contribution in [3.63, 3.8) is 0 Å². The second-order valence-electron chi connectivity index (χ2n) is 7.20. The number of hydrogen-bond donors (Lipinski definition) is 1. The minimum Gasteiger partial charge on any atom is -0.378 e. The number of halogens is 1. The maximum Gasteiger partial charge on any atom is 0.266 e. The van der Waals surface area contributed by atoms with E-state index in [4.69, 9.17) is 0 Å². The molecule has 0 fully saturated rings. The average molecular weight is 402 g/mol. The van der Waals surface area contributed by atoms with Crippen molar-refractivity contribution in [1.82, 2.24) is 4.57 Å². The van der Waals surface area contributed by atoms with E-state index in [1.54, 1.807) is 6.08 Å². The molecule has 0 unspecified atom stereocenters. The Kier molecular flexibility index (Phi) is 6.03. The molecule has 0 saturated carbocycles. The molecule has 0 aliphatic carbocycles. The minimum absolute atomic E-state index is 0.0254. The molecule has 3 aromatic rings. The fourth-order valence-corrected chi connectivity index (χ4v) is 3.27. The van der Waals surface area contributed by atoms with Crippen molar-refractivity contribution >= 4 is 23.4 Å². The van der Waals surface area contributed by atoms with Gasteiger partial charge in [-0.3, -0.25) is 4.79 Å². The maximum atomic E-state index is 13.0. The molecule has 1 heterocycles. The number of nitrogens with zero attached hydrogens (tertiary/aromatic N) is 3. The van der Waals surface area contributed by atoms with Gasteiger partial charge in [-0.05, 0) is 80.1 Å². The largest absolute Gasteiger partial charge is 0.378 e. The lowest BCUT2D eigenvalue weighted by atomic mass is 10.1. The Morgan fingerprint density at radius 1 is 1.10 bits per heavy atom. The van der Waals surface area contributed by atoms with Crippen molar-refractivity contribution < 1.29 is 9.18 Å². The molecule has 0 atom stereocenters. The van der Waals surface area contributed by atoms with E-state index < -0.39 is 11.7 Å². The van der Waals surface area contributed by atoms with E-state index in [9.17, 15) is 14.4 Å². The number of rotatable bonds is 5. The Hall–Kier alpha value is -3.85. The molecule has 2 aromatic carbocycles. The number of anilines is 2. The van der Waals surface area contributed by atoms with Crippen LogP contribution in [-0.4, -0.2) is 24.6 Å². The number of nitriles is 1. The van der Waals surface area contributed by atoms with Crippen LogP contribution >= 0.6 is 0 Å². The first-order chi connectivity index (χ1) is 14.3. The van der Waals surface area contributed by atoms with Crippen molar-refractivity contribution in [3.8, 4) is 11.8 Å². The highest BCUT2D eigenvalue weighted by Crippen LogP contribution is 2.24. The van der Waals surface area contributed by atoms with Gasteiger partial charge in [0.25, 0.3) is 5.91 Å². The number of aromatic nitrogens is 1. The van der Waals surface area contributed by atoms with Gasteiger partial charge in [-0.2, -0.15) is 5.26 Å². The monoisotopic (exact) mass is 402 g/mol. The Morgan fingerprint density at radius 2 is 1.73 bits per heavy atom. The van der Waals surface area contributed by atoms with Crippen molar-refractivity contribution in [1.29, 1.82) is 5.26 Å². The summed E-state index contributed by atoms with van der Waals surface area (Å²) in [6.45, 7) is 3.93. The molecule has 30 heavy (non-hydrogen) atoms. The van der Waals surface area contributed by atoms with Crippen LogP contribution in [0.3, 0.4) is 0 Å². The second-order valence-corrected chi connectivity index (χ2v) is 7.20. The Morgan fingerprint density at radius 3 is 2.30 bits per heavy atom. The SMILES string of the molecule is Cc1cc(/C=C(/C#N)C(=O)Nc2ccc(F)cc2)c(C)n1-c1ccc(N(C)C)cc1. The molecule has 0 aliphatic heterocycles. The van der Waals surface area contributed by atoms with Crippen LogP contribution in [0.1, 0.15) is 17.0 Å². The quantitative estimate of drug-likeness (QED) is 0.490. The zero-order valence-corrected chi connectivity index (χ0v) is 17.4. The summed E-state index contributed by atoms with van der Waals surface area (Å²) >= 11 is 0. The van der Waals surface area contributed by atoms with Crippen molar-refractivity contribution in [3.05, 3.63) is 82.9 Å². The summed E-state index contributed by atoms with van der Waals surface area (Å²) in [6, 6.07) is 17.5. The lowest BCUT2D eigenvalue weighted by molar-refractivity contribution is -0.112. The number of nitrogens with one attached hydrogen (secondary N) is 1.